The maximum absolute atomic E-state index is 9.30. The number of nitriles is 1. The average Bonchev–Trinajstić information content (AvgIpc) is 2.79. The van der Waals surface area contributed by atoms with Crippen molar-refractivity contribution < 1.29 is 0 Å². The van der Waals surface area contributed by atoms with Crippen LogP contribution >= 0.6 is 22.9 Å². The molecule has 21 heavy (non-hydrogen) atoms. The predicted octanol–water partition coefficient (Wildman–Crippen LogP) is 4.58. The lowest BCUT2D eigenvalue weighted by molar-refractivity contribution is 1.23. The number of fused-ring (bicyclic) bond motifs is 1. The van der Waals surface area contributed by atoms with Gasteiger partial charge < -0.3 is 5.32 Å². The number of aromatic nitrogens is 2. The van der Waals surface area contributed by atoms with Crippen molar-refractivity contribution in [2.24, 2.45) is 0 Å². The van der Waals surface area contributed by atoms with Crippen LogP contribution in [0.15, 0.2) is 24.3 Å². The van der Waals surface area contributed by atoms with Gasteiger partial charge in [0, 0.05) is 4.88 Å². The largest absolute Gasteiger partial charge is 0.338 e. The molecule has 3 rings (SSSR count). The molecular formula is C15H11ClN4S. The van der Waals surface area contributed by atoms with Gasteiger partial charge in [0.15, 0.2) is 0 Å². The molecule has 0 bridgehead atoms. The van der Waals surface area contributed by atoms with Crippen molar-refractivity contribution in [2.75, 3.05) is 5.32 Å². The number of benzene rings is 1. The van der Waals surface area contributed by atoms with E-state index in [1.54, 1.807) is 11.3 Å². The summed E-state index contributed by atoms with van der Waals surface area (Å²) in [6.07, 6.45) is 0. The van der Waals surface area contributed by atoms with Crippen molar-refractivity contribution in [2.45, 2.75) is 13.8 Å². The van der Waals surface area contributed by atoms with Gasteiger partial charge in [-0.15, -0.1) is 11.3 Å². The van der Waals surface area contributed by atoms with Gasteiger partial charge in [-0.25, -0.2) is 4.98 Å². The Morgan fingerprint density at radius 1 is 1.29 bits per heavy atom. The molecule has 6 heteroatoms. The van der Waals surface area contributed by atoms with Crippen LogP contribution in [0.2, 0.25) is 5.28 Å². The molecule has 3 aromatic rings. The van der Waals surface area contributed by atoms with Crippen LogP contribution in [0.25, 0.3) is 10.2 Å². The molecule has 0 saturated heterocycles. The summed E-state index contributed by atoms with van der Waals surface area (Å²) in [7, 11) is 0. The molecule has 1 aromatic carbocycles. The Kier molecular flexibility index (Phi) is 3.50. The fraction of sp³-hybridized carbons (Fsp3) is 0.133. The van der Waals surface area contributed by atoms with Crippen molar-refractivity contribution in [3.8, 4) is 6.07 Å². The lowest BCUT2D eigenvalue weighted by atomic mass is 10.1. The molecule has 0 unspecified atom stereocenters. The molecule has 0 spiro atoms. The number of anilines is 2. The molecular weight excluding hydrogens is 304 g/mol. The second-order valence-corrected chi connectivity index (χ2v) is 6.22. The summed E-state index contributed by atoms with van der Waals surface area (Å²) >= 11 is 7.55. The Morgan fingerprint density at radius 2 is 2.10 bits per heavy atom. The van der Waals surface area contributed by atoms with Crippen LogP contribution in [0, 0.1) is 25.2 Å². The number of aryl methyl sites for hydroxylation is 2. The van der Waals surface area contributed by atoms with E-state index in [1.165, 1.54) is 0 Å². The summed E-state index contributed by atoms with van der Waals surface area (Å²) in [4.78, 5) is 10.5. The number of hydrogen-bond acceptors (Lipinski definition) is 5. The third-order valence-corrected chi connectivity index (χ3v) is 4.24. The number of nitrogens with one attached hydrogen (secondary N) is 1. The topological polar surface area (TPSA) is 61.6 Å². The summed E-state index contributed by atoms with van der Waals surface area (Å²) in [6, 6.07) is 9.89. The number of rotatable bonds is 2. The standard InChI is InChI=1S/C15H11ClN4S/c1-8-4-3-5-12(11(8)7-17)18-13-10-6-9(2)21-14(10)20-15(16)19-13/h3-6H,1-2H3,(H,18,19,20). The zero-order chi connectivity index (χ0) is 15.0. The van der Waals surface area contributed by atoms with Gasteiger partial charge in [0.2, 0.25) is 5.28 Å². The minimum Gasteiger partial charge on any atom is -0.338 e. The van der Waals surface area contributed by atoms with Gasteiger partial charge in [0.05, 0.1) is 16.6 Å². The Bertz CT molecular complexity index is 879. The molecule has 0 amide bonds. The van der Waals surface area contributed by atoms with Crippen LogP contribution in [-0.2, 0) is 0 Å². The quantitative estimate of drug-likeness (QED) is 0.703. The molecule has 2 heterocycles. The first kappa shape index (κ1) is 13.8. The molecule has 0 saturated carbocycles. The third kappa shape index (κ3) is 2.56. The highest BCUT2D eigenvalue weighted by Crippen LogP contribution is 2.32. The summed E-state index contributed by atoms with van der Waals surface area (Å²) in [5, 5.41) is 13.6. The monoisotopic (exact) mass is 314 g/mol. The Morgan fingerprint density at radius 3 is 2.86 bits per heavy atom. The fourth-order valence-corrected chi connectivity index (χ4v) is 3.26. The summed E-state index contributed by atoms with van der Waals surface area (Å²) < 4.78 is 0. The van der Waals surface area contributed by atoms with Crippen molar-refractivity contribution in [3.63, 3.8) is 0 Å². The summed E-state index contributed by atoms with van der Waals surface area (Å²) in [5.41, 5.74) is 2.24. The van der Waals surface area contributed by atoms with E-state index in [0.29, 0.717) is 11.4 Å². The second-order valence-electron chi connectivity index (χ2n) is 4.65. The highest BCUT2D eigenvalue weighted by atomic mass is 35.5. The smallest absolute Gasteiger partial charge is 0.225 e. The second kappa shape index (κ2) is 5.32. The highest BCUT2D eigenvalue weighted by molar-refractivity contribution is 7.18. The first-order chi connectivity index (χ1) is 10.1. The van der Waals surface area contributed by atoms with Crippen LogP contribution in [0.4, 0.5) is 11.5 Å². The maximum atomic E-state index is 9.30. The molecule has 1 N–H and O–H groups in total. The molecule has 0 aliphatic carbocycles. The van der Waals surface area contributed by atoms with Crippen molar-refractivity contribution >= 4 is 44.7 Å². The van der Waals surface area contributed by atoms with Gasteiger partial charge in [-0.1, -0.05) is 12.1 Å². The first-order valence-electron chi connectivity index (χ1n) is 6.29. The molecule has 104 valence electrons. The lowest BCUT2D eigenvalue weighted by Crippen LogP contribution is -1.99. The molecule has 0 atom stereocenters. The molecule has 0 radical (unpaired) electrons. The minimum atomic E-state index is 0.193. The van der Waals surface area contributed by atoms with E-state index in [4.69, 9.17) is 11.6 Å². The van der Waals surface area contributed by atoms with Crippen molar-refractivity contribution in [1.29, 1.82) is 5.26 Å². The SMILES string of the molecule is Cc1cc2c(Nc3cccc(C)c3C#N)nc(Cl)nc2s1. The molecule has 0 fully saturated rings. The Balaban J connectivity index is 2.15. The zero-order valence-electron chi connectivity index (χ0n) is 11.4. The van der Waals surface area contributed by atoms with E-state index in [-0.39, 0.29) is 5.28 Å². The van der Waals surface area contributed by atoms with Crippen molar-refractivity contribution in [3.05, 3.63) is 45.6 Å². The summed E-state index contributed by atoms with van der Waals surface area (Å²) in [5.74, 6) is 0.622. The van der Waals surface area contributed by atoms with Gasteiger partial charge in [-0.2, -0.15) is 10.2 Å². The average molecular weight is 315 g/mol. The van der Waals surface area contributed by atoms with Gasteiger partial charge in [-0.05, 0) is 43.1 Å². The highest BCUT2D eigenvalue weighted by Gasteiger charge is 2.12. The van der Waals surface area contributed by atoms with Gasteiger partial charge in [0.1, 0.15) is 16.7 Å². The number of halogens is 1. The molecule has 0 aliphatic heterocycles. The Hall–Kier alpha value is -2.16. The summed E-state index contributed by atoms with van der Waals surface area (Å²) in [6.45, 7) is 3.92. The third-order valence-electron chi connectivity index (χ3n) is 3.13. The van der Waals surface area contributed by atoms with E-state index in [0.717, 1.165) is 26.3 Å². The number of hydrogen-bond donors (Lipinski definition) is 1. The number of thiophene rings is 1. The van der Waals surface area contributed by atoms with E-state index in [2.05, 4.69) is 21.4 Å². The van der Waals surface area contributed by atoms with Crippen LogP contribution in [0.1, 0.15) is 16.0 Å². The van der Waals surface area contributed by atoms with Gasteiger partial charge >= 0.3 is 0 Å². The zero-order valence-corrected chi connectivity index (χ0v) is 13.0. The fourth-order valence-electron chi connectivity index (χ4n) is 2.16. The lowest BCUT2D eigenvalue weighted by Gasteiger charge is -2.10. The van der Waals surface area contributed by atoms with Crippen LogP contribution in [0.5, 0.6) is 0 Å². The van der Waals surface area contributed by atoms with Crippen molar-refractivity contribution in [1.82, 2.24) is 9.97 Å². The van der Waals surface area contributed by atoms with E-state index in [9.17, 15) is 5.26 Å². The Labute approximate surface area is 131 Å². The molecule has 4 nitrogen and oxygen atoms in total. The van der Waals surface area contributed by atoms with E-state index >= 15 is 0 Å². The normalized spacial score (nSPS) is 10.6. The van der Waals surface area contributed by atoms with E-state index < -0.39 is 0 Å². The van der Waals surface area contributed by atoms with Crippen LogP contribution < -0.4 is 5.32 Å². The molecule has 0 aliphatic rings. The number of nitrogens with zero attached hydrogens (tertiary/aromatic N) is 3. The van der Waals surface area contributed by atoms with Gasteiger partial charge in [-0.3, -0.25) is 0 Å². The van der Waals surface area contributed by atoms with Gasteiger partial charge in [0.25, 0.3) is 0 Å². The van der Waals surface area contributed by atoms with Crippen LogP contribution in [0.3, 0.4) is 0 Å². The molecule has 2 aromatic heterocycles. The van der Waals surface area contributed by atoms with E-state index in [1.807, 2.05) is 38.1 Å². The predicted molar refractivity (Wildman–Crippen MR) is 86.3 cm³/mol. The first-order valence-corrected chi connectivity index (χ1v) is 7.48. The van der Waals surface area contributed by atoms with Crippen LogP contribution in [-0.4, -0.2) is 9.97 Å². The minimum absolute atomic E-state index is 0.193. The maximum Gasteiger partial charge on any atom is 0.225 e.